The molecule has 0 aliphatic carbocycles. The first-order chi connectivity index (χ1) is 9.63. The summed E-state index contributed by atoms with van der Waals surface area (Å²) in [6, 6.07) is 6.79. The number of anilines is 1. The highest BCUT2D eigenvalue weighted by Gasteiger charge is 2.16. The van der Waals surface area contributed by atoms with Gasteiger partial charge in [0, 0.05) is 22.8 Å². The van der Waals surface area contributed by atoms with Crippen LogP contribution >= 0.6 is 0 Å². The number of carbonyl (C=O) groups is 1. The van der Waals surface area contributed by atoms with Crippen molar-refractivity contribution in [2.45, 2.75) is 13.0 Å². The molecule has 0 spiro atoms. The average Bonchev–Trinajstić information content (AvgIpc) is 3.07. The highest BCUT2D eigenvalue weighted by molar-refractivity contribution is 5.96. The number of hydrogen-bond donors (Lipinski definition) is 3. The number of H-pyrrole nitrogens is 1. The Labute approximate surface area is 115 Å². The van der Waals surface area contributed by atoms with Gasteiger partial charge in [-0.25, -0.2) is 0 Å². The maximum Gasteiger partial charge on any atom is 0.287 e. The Balaban J connectivity index is 1.82. The zero-order valence-electron chi connectivity index (χ0n) is 10.9. The Morgan fingerprint density at radius 3 is 3.05 bits per heavy atom. The van der Waals surface area contributed by atoms with Gasteiger partial charge >= 0.3 is 0 Å². The van der Waals surface area contributed by atoms with Crippen molar-refractivity contribution in [3.05, 3.63) is 48.0 Å². The summed E-state index contributed by atoms with van der Waals surface area (Å²) >= 11 is 0. The Hall–Kier alpha value is -2.76. The molecule has 4 N–H and O–H groups in total. The van der Waals surface area contributed by atoms with E-state index in [9.17, 15) is 4.79 Å². The van der Waals surface area contributed by atoms with Crippen molar-refractivity contribution in [1.82, 2.24) is 15.5 Å². The van der Waals surface area contributed by atoms with Crippen LogP contribution in [0.4, 0.5) is 5.69 Å². The first kappa shape index (κ1) is 12.3. The van der Waals surface area contributed by atoms with Crippen LogP contribution in [0, 0.1) is 0 Å². The second-order valence-electron chi connectivity index (χ2n) is 4.63. The Kier molecular flexibility index (Phi) is 2.90. The third-order valence-electron chi connectivity index (χ3n) is 3.13. The minimum Gasteiger partial charge on any atom is -0.451 e. The number of hydrogen-bond acceptors (Lipinski definition) is 4. The number of furan rings is 1. The largest absolute Gasteiger partial charge is 0.451 e. The van der Waals surface area contributed by atoms with Gasteiger partial charge in [-0.05, 0) is 31.2 Å². The molecule has 0 fully saturated rings. The van der Waals surface area contributed by atoms with Crippen LogP contribution in [0.25, 0.3) is 11.0 Å². The predicted octanol–water partition coefficient (Wildman–Crippen LogP) is 2.23. The first-order valence-electron chi connectivity index (χ1n) is 6.22. The summed E-state index contributed by atoms with van der Waals surface area (Å²) in [6.45, 7) is 1.88. The van der Waals surface area contributed by atoms with E-state index in [1.807, 2.05) is 6.92 Å². The van der Waals surface area contributed by atoms with Crippen molar-refractivity contribution in [3.63, 3.8) is 0 Å². The molecule has 3 aromatic rings. The quantitative estimate of drug-likeness (QED) is 0.636. The molecular weight excluding hydrogens is 256 g/mol. The average molecular weight is 270 g/mol. The number of benzene rings is 1. The lowest BCUT2D eigenvalue weighted by Crippen LogP contribution is -2.25. The predicted molar refractivity (Wildman–Crippen MR) is 75.1 cm³/mol. The molecule has 2 aromatic heterocycles. The standard InChI is InChI=1S/C14H14N4O2/c1-8(10-6-16-17-7-10)18-14(19)13-5-9-4-11(15)2-3-12(9)20-13/h2-8H,15H2,1H3,(H,16,17)(H,18,19). The summed E-state index contributed by atoms with van der Waals surface area (Å²) < 4.78 is 5.51. The summed E-state index contributed by atoms with van der Waals surface area (Å²) in [5, 5.41) is 10.2. The van der Waals surface area contributed by atoms with Gasteiger partial charge in [-0.1, -0.05) is 0 Å². The van der Waals surface area contributed by atoms with Crippen LogP contribution in [0.3, 0.4) is 0 Å². The van der Waals surface area contributed by atoms with Gasteiger partial charge in [0.25, 0.3) is 5.91 Å². The summed E-state index contributed by atoms with van der Waals surface area (Å²) in [7, 11) is 0. The van der Waals surface area contributed by atoms with E-state index in [1.165, 1.54) is 0 Å². The lowest BCUT2D eigenvalue weighted by Gasteiger charge is -2.10. The zero-order valence-corrected chi connectivity index (χ0v) is 10.9. The van der Waals surface area contributed by atoms with Gasteiger partial charge in [0.2, 0.25) is 0 Å². The van der Waals surface area contributed by atoms with Crippen molar-refractivity contribution in [2.75, 3.05) is 5.73 Å². The lowest BCUT2D eigenvalue weighted by molar-refractivity contribution is 0.0914. The molecule has 2 heterocycles. The second kappa shape index (κ2) is 4.73. The van der Waals surface area contributed by atoms with Crippen LogP contribution in [-0.4, -0.2) is 16.1 Å². The maximum atomic E-state index is 12.1. The van der Waals surface area contributed by atoms with Crippen LogP contribution < -0.4 is 11.1 Å². The third-order valence-corrected chi connectivity index (χ3v) is 3.13. The highest BCUT2D eigenvalue weighted by atomic mass is 16.3. The molecule has 20 heavy (non-hydrogen) atoms. The smallest absolute Gasteiger partial charge is 0.287 e. The number of amides is 1. The molecule has 0 bridgehead atoms. The molecule has 0 aliphatic rings. The van der Waals surface area contributed by atoms with E-state index >= 15 is 0 Å². The SMILES string of the molecule is CC(NC(=O)c1cc2cc(N)ccc2o1)c1cn[nH]c1. The molecule has 0 saturated heterocycles. The van der Waals surface area contributed by atoms with Crippen LogP contribution in [0.15, 0.2) is 41.1 Å². The molecule has 1 amide bonds. The minimum absolute atomic E-state index is 0.153. The van der Waals surface area contributed by atoms with Gasteiger partial charge in [0.05, 0.1) is 12.2 Å². The van der Waals surface area contributed by atoms with Gasteiger partial charge in [-0.2, -0.15) is 5.10 Å². The van der Waals surface area contributed by atoms with E-state index in [1.54, 1.807) is 36.7 Å². The summed E-state index contributed by atoms with van der Waals surface area (Å²) in [4.78, 5) is 12.1. The molecule has 1 atom stereocenters. The molecule has 3 rings (SSSR count). The molecule has 102 valence electrons. The van der Waals surface area contributed by atoms with Crippen molar-refractivity contribution in [3.8, 4) is 0 Å². The van der Waals surface area contributed by atoms with E-state index in [-0.39, 0.29) is 17.7 Å². The van der Waals surface area contributed by atoms with E-state index in [2.05, 4.69) is 15.5 Å². The van der Waals surface area contributed by atoms with Crippen LogP contribution in [0.5, 0.6) is 0 Å². The number of aromatic amines is 1. The number of carbonyl (C=O) groups excluding carboxylic acids is 1. The van der Waals surface area contributed by atoms with Crippen LogP contribution in [-0.2, 0) is 0 Å². The second-order valence-corrected chi connectivity index (χ2v) is 4.63. The number of nitrogens with zero attached hydrogens (tertiary/aromatic N) is 1. The molecule has 0 aliphatic heterocycles. The normalized spacial score (nSPS) is 12.4. The summed E-state index contributed by atoms with van der Waals surface area (Å²) in [5.74, 6) is -0.00517. The van der Waals surface area contributed by atoms with Gasteiger partial charge in [-0.15, -0.1) is 0 Å². The lowest BCUT2D eigenvalue weighted by atomic mass is 10.2. The van der Waals surface area contributed by atoms with E-state index < -0.39 is 0 Å². The minimum atomic E-state index is -0.270. The Bertz CT molecular complexity index is 746. The fourth-order valence-electron chi connectivity index (χ4n) is 2.02. The van der Waals surface area contributed by atoms with E-state index in [0.29, 0.717) is 11.3 Å². The van der Waals surface area contributed by atoms with E-state index in [0.717, 1.165) is 10.9 Å². The number of nitrogen functional groups attached to an aromatic ring is 1. The topological polar surface area (TPSA) is 96.9 Å². The number of nitrogens with two attached hydrogens (primary N) is 1. The Morgan fingerprint density at radius 2 is 2.30 bits per heavy atom. The van der Waals surface area contributed by atoms with Crippen LogP contribution in [0.1, 0.15) is 29.1 Å². The molecule has 6 nitrogen and oxygen atoms in total. The number of nitrogens with one attached hydrogen (secondary N) is 2. The van der Waals surface area contributed by atoms with E-state index in [4.69, 9.17) is 10.2 Å². The summed E-state index contributed by atoms with van der Waals surface area (Å²) in [5.41, 5.74) is 7.88. The van der Waals surface area contributed by atoms with Crippen molar-refractivity contribution < 1.29 is 9.21 Å². The van der Waals surface area contributed by atoms with Gasteiger partial charge < -0.3 is 15.5 Å². The van der Waals surface area contributed by atoms with Crippen LogP contribution in [0.2, 0.25) is 0 Å². The maximum absolute atomic E-state index is 12.1. The van der Waals surface area contributed by atoms with Crippen molar-refractivity contribution in [2.24, 2.45) is 0 Å². The zero-order chi connectivity index (χ0) is 14.1. The Morgan fingerprint density at radius 1 is 1.45 bits per heavy atom. The van der Waals surface area contributed by atoms with Gasteiger partial charge in [-0.3, -0.25) is 9.89 Å². The first-order valence-corrected chi connectivity index (χ1v) is 6.22. The fraction of sp³-hybridized carbons (Fsp3) is 0.143. The molecule has 0 radical (unpaired) electrons. The van der Waals surface area contributed by atoms with Crippen molar-refractivity contribution in [1.29, 1.82) is 0 Å². The number of fused-ring (bicyclic) bond motifs is 1. The van der Waals surface area contributed by atoms with Crippen molar-refractivity contribution >= 4 is 22.6 Å². The molecule has 0 saturated carbocycles. The number of aromatic nitrogens is 2. The molecular formula is C14H14N4O2. The number of rotatable bonds is 3. The third kappa shape index (κ3) is 2.23. The molecule has 1 aromatic carbocycles. The molecule has 1 unspecified atom stereocenters. The van der Waals surface area contributed by atoms with Gasteiger partial charge in [0.15, 0.2) is 5.76 Å². The highest BCUT2D eigenvalue weighted by Crippen LogP contribution is 2.22. The van der Waals surface area contributed by atoms with Gasteiger partial charge in [0.1, 0.15) is 5.58 Å². The molecule has 6 heteroatoms. The summed E-state index contributed by atoms with van der Waals surface area (Å²) in [6.07, 6.45) is 3.41. The fourth-order valence-corrected chi connectivity index (χ4v) is 2.02. The monoisotopic (exact) mass is 270 g/mol.